The van der Waals surface area contributed by atoms with E-state index in [9.17, 15) is 4.79 Å². The predicted octanol–water partition coefficient (Wildman–Crippen LogP) is 3.93. The maximum atomic E-state index is 11.9. The summed E-state index contributed by atoms with van der Waals surface area (Å²) in [6.45, 7) is 1.93. The van der Waals surface area contributed by atoms with E-state index in [0.717, 1.165) is 5.56 Å². The van der Waals surface area contributed by atoms with Crippen LogP contribution in [0.3, 0.4) is 0 Å². The van der Waals surface area contributed by atoms with Crippen LogP contribution in [0.25, 0.3) is 0 Å². The van der Waals surface area contributed by atoms with Gasteiger partial charge < -0.3 is 0 Å². The standard InChI is InChI=1S/C15H13Cl2N3O/c1-2-14(12-6-5-11(16)8-13(12)17)19-20-15(21)10-4-3-7-18-9-10/h3-9H,2H2,1H3,(H,20,21)/b19-14+. The van der Waals surface area contributed by atoms with Gasteiger partial charge in [0, 0.05) is 23.0 Å². The summed E-state index contributed by atoms with van der Waals surface area (Å²) < 4.78 is 0. The fourth-order valence-electron chi connectivity index (χ4n) is 1.73. The average Bonchev–Trinajstić information content (AvgIpc) is 2.50. The molecule has 6 heteroatoms. The topological polar surface area (TPSA) is 54.4 Å². The van der Waals surface area contributed by atoms with E-state index in [1.165, 1.54) is 6.20 Å². The van der Waals surface area contributed by atoms with Gasteiger partial charge in [0.25, 0.3) is 5.91 Å². The van der Waals surface area contributed by atoms with Crippen molar-refractivity contribution < 1.29 is 4.79 Å². The summed E-state index contributed by atoms with van der Waals surface area (Å²) in [6.07, 6.45) is 3.70. The average molecular weight is 322 g/mol. The number of amides is 1. The second kappa shape index (κ2) is 7.20. The summed E-state index contributed by atoms with van der Waals surface area (Å²) >= 11 is 12.0. The summed E-state index contributed by atoms with van der Waals surface area (Å²) in [6, 6.07) is 8.51. The molecule has 0 fully saturated rings. The molecule has 1 aromatic carbocycles. The van der Waals surface area contributed by atoms with Crippen molar-refractivity contribution in [1.29, 1.82) is 0 Å². The van der Waals surface area contributed by atoms with Gasteiger partial charge in [-0.15, -0.1) is 0 Å². The first-order valence-electron chi connectivity index (χ1n) is 6.34. The minimum absolute atomic E-state index is 0.320. The van der Waals surface area contributed by atoms with Gasteiger partial charge in [0.2, 0.25) is 0 Å². The number of pyridine rings is 1. The smallest absolute Gasteiger partial charge is 0.267 e. The number of hydrogen-bond acceptors (Lipinski definition) is 3. The Bertz CT molecular complexity index is 672. The summed E-state index contributed by atoms with van der Waals surface area (Å²) in [7, 11) is 0. The number of hydrazone groups is 1. The van der Waals surface area contributed by atoms with E-state index in [1.54, 1.807) is 36.5 Å². The number of nitrogens with one attached hydrogen (secondary N) is 1. The summed E-state index contributed by atoms with van der Waals surface area (Å²) in [5.74, 6) is -0.320. The first-order valence-corrected chi connectivity index (χ1v) is 7.09. The molecule has 0 aliphatic heterocycles. The van der Waals surface area contributed by atoms with Crippen LogP contribution in [-0.2, 0) is 0 Å². The lowest BCUT2D eigenvalue weighted by molar-refractivity contribution is 0.0954. The minimum atomic E-state index is -0.320. The van der Waals surface area contributed by atoms with Crippen molar-refractivity contribution in [2.75, 3.05) is 0 Å². The minimum Gasteiger partial charge on any atom is -0.267 e. The van der Waals surface area contributed by atoms with Gasteiger partial charge >= 0.3 is 0 Å². The predicted molar refractivity (Wildman–Crippen MR) is 85.0 cm³/mol. The van der Waals surface area contributed by atoms with Crippen LogP contribution in [0.4, 0.5) is 0 Å². The molecular weight excluding hydrogens is 309 g/mol. The molecule has 108 valence electrons. The van der Waals surface area contributed by atoms with E-state index in [0.29, 0.717) is 27.7 Å². The zero-order valence-corrected chi connectivity index (χ0v) is 12.8. The highest BCUT2D eigenvalue weighted by atomic mass is 35.5. The van der Waals surface area contributed by atoms with E-state index < -0.39 is 0 Å². The number of nitrogens with zero attached hydrogens (tertiary/aromatic N) is 2. The molecule has 1 heterocycles. The van der Waals surface area contributed by atoms with Crippen molar-refractivity contribution in [2.24, 2.45) is 5.10 Å². The van der Waals surface area contributed by atoms with Crippen molar-refractivity contribution in [1.82, 2.24) is 10.4 Å². The normalized spacial score (nSPS) is 11.3. The molecule has 2 aromatic rings. The lowest BCUT2D eigenvalue weighted by Crippen LogP contribution is -2.20. The van der Waals surface area contributed by atoms with Crippen LogP contribution >= 0.6 is 23.2 Å². The molecule has 0 saturated heterocycles. The zero-order chi connectivity index (χ0) is 15.2. The molecule has 1 N–H and O–H groups in total. The molecule has 1 amide bonds. The number of aromatic nitrogens is 1. The molecule has 21 heavy (non-hydrogen) atoms. The van der Waals surface area contributed by atoms with Crippen LogP contribution in [0.15, 0.2) is 47.8 Å². The van der Waals surface area contributed by atoms with E-state index in [2.05, 4.69) is 15.5 Å². The number of carbonyl (C=O) groups excluding carboxylic acids is 1. The van der Waals surface area contributed by atoms with Crippen LogP contribution < -0.4 is 5.43 Å². The molecule has 0 bridgehead atoms. The van der Waals surface area contributed by atoms with Crippen molar-refractivity contribution >= 4 is 34.8 Å². The van der Waals surface area contributed by atoms with Crippen LogP contribution in [-0.4, -0.2) is 16.6 Å². The molecule has 0 radical (unpaired) electrons. The molecule has 0 atom stereocenters. The first kappa shape index (κ1) is 15.5. The van der Waals surface area contributed by atoms with E-state index in [1.807, 2.05) is 6.92 Å². The Morgan fingerprint density at radius 2 is 2.14 bits per heavy atom. The summed E-state index contributed by atoms with van der Waals surface area (Å²) in [4.78, 5) is 15.8. The quantitative estimate of drug-likeness (QED) is 0.685. The molecule has 0 unspecified atom stereocenters. The van der Waals surface area contributed by atoms with Gasteiger partial charge in [0.15, 0.2) is 0 Å². The molecule has 1 aromatic heterocycles. The van der Waals surface area contributed by atoms with Crippen molar-refractivity contribution in [2.45, 2.75) is 13.3 Å². The van der Waals surface area contributed by atoms with Gasteiger partial charge in [-0.1, -0.05) is 36.2 Å². The van der Waals surface area contributed by atoms with Gasteiger partial charge in [0.1, 0.15) is 0 Å². The number of hydrogen-bond donors (Lipinski definition) is 1. The van der Waals surface area contributed by atoms with Gasteiger partial charge in [-0.05, 0) is 30.7 Å². The third kappa shape index (κ3) is 4.03. The van der Waals surface area contributed by atoms with Gasteiger partial charge in [-0.25, -0.2) is 5.43 Å². The maximum Gasteiger partial charge on any atom is 0.272 e. The molecule has 0 aliphatic rings. The largest absolute Gasteiger partial charge is 0.272 e. The van der Waals surface area contributed by atoms with Crippen LogP contribution in [0, 0.1) is 0 Å². The van der Waals surface area contributed by atoms with Crippen molar-refractivity contribution in [3.05, 3.63) is 63.9 Å². The van der Waals surface area contributed by atoms with Gasteiger partial charge in [0.05, 0.1) is 16.3 Å². The highest BCUT2D eigenvalue weighted by molar-refractivity contribution is 6.37. The number of rotatable bonds is 4. The number of carbonyl (C=O) groups is 1. The third-order valence-corrected chi connectivity index (χ3v) is 3.34. The zero-order valence-electron chi connectivity index (χ0n) is 11.3. The maximum absolute atomic E-state index is 11.9. The van der Waals surface area contributed by atoms with E-state index in [4.69, 9.17) is 23.2 Å². The Hall–Kier alpha value is -1.91. The fourth-order valence-corrected chi connectivity index (χ4v) is 2.25. The molecule has 0 saturated carbocycles. The second-order valence-electron chi connectivity index (χ2n) is 4.22. The summed E-state index contributed by atoms with van der Waals surface area (Å²) in [5.41, 5.74) is 4.37. The fraction of sp³-hybridized carbons (Fsp3) is 0.133. The Kier molecular flexibility index (Phi) is 5.31. The Balaban J connectivity index is 2.19. The monoisotopic (exact) mass is 321 g/mol. The molecular formula is C15H13Cl2N3O. The summed E-state index contributed by atoms with van der Waals surface area (Å²) in [5, 5.41) is 5.19. The third-order valence-electron chi connectivity index (χ3n) is 2.79. The van der Waals surface area contributed by atoms with Crippen LogP contribution in [0.2, 0.25) is 10.0 Å². The molecule has 0 aliphatic carbocycles. The Morgan fingerprint density at radius 1 is 1.33 bits per heavy atom. The Morgan fingerprint density at radius 3 is 2.76 bits per heavy atom. The van der Waals surface area contributed by atoms with Crippen LogP contribution in [0.1, 0.15) is 29.3 Å². The number of halogens is 2. The SMILES string of the molecule is CC/C(=N\NC(=O)c1cccnc1)c1ccc(Cl)cc1Cl. The molecule has 2 rings (SSSR count). The van der Waals surface area contributed by atoms with Crippen molar-refractivity contribution in [3.8, 4) is 0 Å². The van der Waals surface area contributed by atoms with Gasteiger partial charge in [-0.2, -0.15) is 5.10 Å². The Labute approximate surface area is 132 Å². The second-order valence-corrected chi connectivity index (χ2v) is 5.06. The lowest BCUT2D eigenvalue weighted by Gasteiger charge is -2.07. The van der Waals surface area contributed by atoms with E-state index in [-0.39, 0.29) is 5.91 Å². The highest BCUT2D eigenvalue weighted by Gasteiger charge is 2.09. The highest BCUT2D eigenvalue weighted by Crippen LogP contribution is 2.22. The van der Waals surface area contributed by atoms with E-state index >= 15 is 0 Å². The molecule has 4 nitrogen and oxygen atoms in total. The van der Waals surface area contributed by atoms with Crippen LogP contribution in [0.5, 0.6) is 0 Å². The molecule has 0 spiro atoms. The first-order chi connectivity index (χ1) is 10.1. The lowest BCUT2D eigenvalue weighted by atomic mass is 10.1. The van der Waals surface area contributed by atoms with Gasteiger partial charge in [-0.3, -0.25) is 9.78 Å². The van der Waals surface area contributed by atoms with Crippen molar-refractivity contribution in [3.63, 3.8) is 0 Å². The number of benzene rings is 1.